The lowest BCUT2D eigenvalue weighted by Crippen LogP contribution is -2.45. The van der Waals surface area contributed by atoms with E-state index in [4.69, 9.17) is 16.3 Å². The zero-order valence-corrected chi connectivity index (χ0v) is 14.2. The van der Waals surface area contributed by atoms with Crippen LogP contribution in [-0.4, -0.2) is 43.6 Å². The molecule has 0 radical (unpaired) electrons. The number of likely N-dealkylation sites (tertiary alicyclic amines) is 1. The fourth-order valence-electron chi connectivity index (χ4n) is 2.83. The van der Waals surface area contributed by atoms with Crippen LogP contribution in [0.15, 0.2) is 18.2 Å². The summed E-state index contributed by atoms with van der Waals surface area (Å²) < 4.78 is 5.70. The second kappa shape index (κ2) is 8.39. The second-order valence-corrected chi connectivity index (χ2v) is 6.28. The van der Waals surface area contributed by atoms with Crippen molar-refractivity contribution in [2.45, 2.75) is 38.6 Å². The van der Waals surface area contributed by atoms with Gasteiger partial charge in [0.2, 0.25) is 5.91 Å². The number of carbonyl (C=O) groups excluding carboxylic acids is 1. The SMILES string of the molecule is Cc1cccc(Cl)c1OCCNC(=O)[C@@H]1CCCCCN1C. The molecule has 122 valence electrons. The average Bonchev–Trinajstić information content (AvgIpc) is 2.70. The molecule has 0 unspecified atom stereocenters. The lowest BCUT2D eigenvalue weighted by molar-refractivity contribution is -0.126. The first-order valence-electron chi connectivity index (χ1n) is 7.95. The molecule has 1 fully saturated rings. The smallest absolute Gasteiger partial charge is 0.237 e. The van der Waals surface area contributed by atoms with Crippen molar-refractivity contribution >= 4 is 17.5 Å². The van der Waals surface area contributed by atoms with Crippen LogP contribution < -0.4 is 10.1 Å². The Kier molecular flexibility index (Phi) is 6.52. The van der Waals surface area contributed by atoms with Crippen LogP contribution in [0.5, 0.6) is 5.75 Å². The van der Waals surface area contributed by atoms with Crippen molar-refractivity contribution in [2.24, 2.45) is 0 Å². The normalized spacial score (nSPS) is 19.5. The third-order valence-corrected chi connectivity index (χ3v) is 4.43. The highest BCUT2D eigenvalue weighted by Crippen LogP contribution is 2.27. The van der Waals surface area contributed by atoms with E-state index in [1.165, 1.54) is 12.8 Å². The van der Waals surface area contributed by atoms with E-state index in [9.17, 15) is 4.79 Å². The summed E-state index contributed by atoms with van der Waals surface area (Å²) in [5, 5.41) is 3.58. The summed E-state index contributed by atoms with van der Waals surface area (Å²) in [5.41, 5.74) is 1.00. The third-order valence-electron chi connectivity index (χ3n) is 4.13. The van der Waals surface area contributed by atoms with Crippen LogP contribution in [0.2, 0.25) is 5.02 Å². The van der Waals surface area contributed by atoms with E-state index in [0.29, 0.717) is 23.9 Å². The lowest BCUT2D eigenvalue weighted by atomic mass is 10.1. The summed E-state index contributed by atoms with van der Waals surface area (Å²) in [5.74, 6) is 0.800. The van der Waals surface area contributed by atoms with Gasteiger partial charge in [0, 0.05) is 0 Å². The number of carbonyl (C=O) groups is 1. The molecule has 0 bridgehead atoms. The number of halogens is 1. The van der Waals surface area contributed by atoms with Crippen molar-refractivity contribution in [3.05, 3.63) is 28.8 Å². The number of hydrogen-bond donors (Lipinski definition) is 1. The summed E-state index contributed by atoms with van der Waals surface area (Å²) in [6.07, 6.45) is 4.45. The first kappa shape index (κ1) is 17.1. The number of para-hydroxylation sites is 1. The monoisotopic (exact) mass is 324 g/mol. The summed E-state index contributed by atoms with van der Waals surface area (Å²) in [4.78, 5) is 14.4. The van der Waals surface area contributed by atoms with Gasteiger partial charge in [0.05, 0.1) is 17.6 Å². The van der Waals surface area contributed by atoms with E-state index >= 15 is 0 Å². The maximum atomic E-state index is 12.3. The van der Waals surface area contributed by atoms with Gasteiger partial charge in [-0.05, 0) is 45.0 Å². The number of nitrogens with zero attached hydrogens (tertiary/aromatic N) is 1. The molecule has 4 nitrogen and oxygen atoms in total. The molecule has 22 heavy (non-hydrogen) atoms. The lowest BCUT2D eigenvalue weighted by Gasteiger charge is -2.24. The number of aryl methyl sites for hydroxylation is 1. The predicted octanol–water partition coefficient (Wildman–Crippen LogP) is 3.02. The van der Waals surface area contributed by atoms with E-state index in [2.05, 4.69) is 10.2 Å². The Labute approximate surface area is 137 Å². The number of likely N-dealkylation sites (N-methyl/N-ethyl adjacent to an activating group) is 1. The van der Waals surface area contributed by atoms with Gasteiger partial charge in [0.25, 0.3) is 0 Å². The number of ether oxygens (including phenoxy) is 1. The number of benzene rings is 1. The molecular weight excluding hydrogens is 300 g/mol. The molecule has 1 aliphatic rings. The van der Waals surface area contributed by atoms with Crippen molar-refractivity contribution in [1.29, 1.82) is 0 Å². The Hall–Kier alpha value is -1.26. The molecule has 1 aromatic carbocycles. The Balaban J connectivity index is 1.77. The van der Waals surface area contributed by atoms with Crippen molar-refractivity contribution < 1.29 is 9.53 Å². The molecule has 0 aliphatic carbocycles. The highest BCUT2D eigenvalue weighted by atomic mass is 35.5. The molecule has 0 saturated carbocycles. The maximum absolute atomic E-state index is 12.3. The quantitative estimate of drug-likeness (QED) is 0.847. The Morgan fingerprint density at radius 2 is 2.23 bits per heavy atom. The van der Waals surface area contributed by atoms with Crippen molar-refractivity contribution in [3.63, 3.8) is 0 Å². The van der Waals surface area contributed by atoms with E-state index in [1.807, 2.05) is 32.2 Å². The van der Waals surface area contributed by atoms with Crippen molar-refractivity contribution in [3.8, 4) is 5.75 Å². The molecule has 0 spiro atoms. The zero-order valence-electron chi connectivity index (χ0n) is 13.4. The summed E-state index contributed by atoms with van der Waals surface area (Å²) in [6, 6.07) is 5.65. The Bertz CT molecular complexity index is 487. The van der Waals surface area contributed by atoms with Gasteiger partial charge in [0.1, 0.15) is 12.4 Å². The molecular formula is C17H25ClN2O2. The van der Waals surface area contributed by atoms with Gasteiger partial charge in [-0.1, -0.05) is 36.6 Å². The van der Waals surface area contributed by atoms with Gasteiger partial charge in [-0.2, -0.15) is 0 Å². The topological polar surface area (TPSA) is 41.6 Å². The molecule has 1 aromatic rings. The molecule has 1 atom stereocenters. The second-order valence-electron chi connectivity index (χ2n) is 5.87. The molecule has 1 aliphatic heterocycles. The molecule has 1 amide bonds. The van der Waals surface area contributed by atoms with Gasteiger partial charge in [0.15, 0.2) is 0 Å². The van der Waals surface area contributed by atoms with Crippen LogP contribution in [0.1, 0.15) is 31.2 Å². The van der Waals surface area contributed by atoms with E-state index in [1.54, 1.807) is 0 Å². The van der Waals surface area contributed by atoms with Crippen molar-refractivity contribution in [1.82, 2.24) is 10.2 Å². The Morgan fingerprint density at radius 1 is 1.41 bits per heavy atom. The van der Waals surface area contributed by atoms with Gasteiger partial charge < -0.3 is 10.1 Å². The standard InChI is InChI=1S/C17H25ClN2O2/c1-13-7-6-8-14(18)16(13)22-12-10-19-17(21)15-9-4-3-5-11-20(15)2/h6-8,15H,3-5,9-12H2,1-2H3,(H,19,21)/t15-/m0/s1. The largest absolute Gasteiger partial charge is 0.490 e. The summed E-state index contributed by atoms with van der Waals surface area (Å²) in [7, 11) is 2.03. The van der Waals surface area contributed by atoms with Crippen LogP contribution in [0, 0.1) is 6.92 Å². The van der Waals surface area contributed by atoms with Crippen LogP contribution in [0.25, 0.3) is 0 Å². The molecule has 2 rings (SSSR count). The minimum Gasteiger partial charge on any atom is -0.490 e. The molecule has 1 saturated heterocycles. The number of hydrogen-bond acceptors (Lipinski definition) is 3. The minimum absolute atomic E-state index is 0.00968. The average molecular weight is 325 g/mol. The minimum atomic E-state index is -0.00968. The van der Waals surface area contributed by atoms with Crippen molar-refractivity contribution in [2.75, 3.05) is 26.7 Å². The van der Waals surface area contributed by atoms with Crippen LogP contribution in [-0.2, 0) is 4.79 Å². The number of amides is 1. The third kappa shape index (κ3) is 4.62. The molecule has 0 aromatic heterocycles. The van der Waals surface area contributed by atoms with Gasteiger partial charge in [-0.25, -0.2) is 0 Å². The first-order chi connectivity index (χ1) is 10.6. The maximum Gasteiger partial charge on any atom is 0.237 e. The van der Waals surface area contributed by atoms with E-state index in [0.717, 1.165) is 24.9 Å². The summed E-state index contributed by atoms with van der Waals surface area (Å²) >= 11 is 6.11. The number of rotatable bonds is 5. The van der Waals surface area contributed by atoms with E-state index in [-0.39, 0.29) is 11.9 Å². The summed E-state index contributed by atoms with van der Waals surface area (Å²) in [6.45, 7) is 3.87. The van der Waals surface area contributed by atoms with E-state index < -0.39 is 0 Å². The zero-order chi connectivity index (χ0) is 15.9. The molecule has 5 heteroatoms. The first-order valence-corrected chi connectivity index (χ1v) is 8.33. The predicted molar refractivity (Wildman–Crippen MR) is 89.6 cm³/mol. The highest BCUT2D eigenvalue weighted by Gasteiger charge is 2.24. The van der Waals surface area contributed by atoms with Crippen LogP contribution in [0.3, 0.4) is 0 Å². The van der Waals surface area contributed by atoms with Gasteiger partial charge in [-0.15, -0.1) is 0 Å². The number of nitrogens with one attached hydrogen (secondary N) is 1. The fourth-order valence-corrected chi connectivity index (χ4v) is 3.10. The fraction of sp³-hybridized carbons (Fsp3) is 0.588. The van der Waals surface area contributed by atoms with Gasteiger partial charge >= 0.3 is 0 Å². The highest BCUT2D eigenvalue weighted by molar-refractivity contribution is 6.32. The van der Waals surface area contributed by atoms with Crippen LogP contribution in [0.4, 0.5) is 0 Å². The van der Waals surface area contributed by atoms with Crippen LogP contribution >= 0.6 is 11.6 Å². The molecule has 1 N–H and O–H groups in total. The van der Waals surface area contributed by atoms with Gasteiger partial charge in [-0.3, -0.25) is 9.69 Å². The molecule has 1 heterocycles. The Morgan fingerprint density at radius 3 is 3.00 bits per heavy atom.